The maximum atomic E-state index is 12.5. The molecule has 1 saturated carbocycles. The second kappa shape index (κ2) is 4.05. The van der Waals surface area contributed by atoms with E-state index in [9.17, 15) is 4.79 Å². The molecule has 1 aliphatic carbocycles. The molecule has 2 aliphatic rings. The second-order valence-corrected chi connectivity index (χ2v) is 6.08. The standard InChI is InChI=1S/C13H15ClN4O2/c1-17-9-7-15-11(14)16-10(9)18(12(17)19)8-2-5-20-13(6-8)3-4-13/h7-8H,2-6H2,1H3/t8-/m0/s1. The van der Waals surface area contributed by atoms with Crippen LogP contribution in [-0.2, 0) is 11.8 Å². The molecule has 0 amide bonds. The average Bonchev–Trinajstić information content (AvgIpc) is 3.12. The Kier molecular flexibility index (Phi) is 2.50. The summed E-state index contributed by atoms with van der Waals surface area (Å²) in [5.41, 5.74) is 1.30. The van der Waals surface area contributed by atoms with Crippen molar-refractivity contribution in [3.05, 3.63) is 22.0 Å². The monoisotopic (exact) mass is 294 g/mol. The highest BCUT2D eigenvalue weighted by Gasteiger charge is 2.48. The fourth-order valence-electron chi connectivity index (χ4n) is 3.15. The quantitative estimate of drug-likeness (QED) is 0.751. The minimum atomic E-state index is -0.0562. The van der Waals surface area contributed by atoms with E-state index in [1.54, 1.807) is 22.4 Å². The van der Waals surface area contributed by atoms with Crippen LogP contribution in [0.25, 0.3) is 11.2 Å². The lowest BCUT2D eigenvalue weighted by Crippen LogP contribution is -2.34. The van der Waals surface area contributed by atoms with Gasteiger partial charge in [-0.2, -0.15) is 4.98 Å². The van der Waals surface area contributed by atoms with Crippen LogP contribution in [0.15, 0.2) is 11.0 Å². The van der Waals surface area contributed by atoms with Crippen molar-refractivity contribution < 1.29 is 4.74 Å². The van der Waals surface area contributed by atoms with Gasteiger partial charge in [0.25, 0.3) is 0 Å². The number of aryl methyl sites for hydroxylation is 1. The predicted molar refractivity (Wildman–Crippen MR) is 74.0 cm³/mol. The first-order valence-corrected chi connectivity index (χ1v) is 7.21. The first-order chi connectivity index (χ1) is 9.60. The van der Waals surface area contributed by atoms with Gasteiger partial charge in [-0.3, -0.25) is 9.13 Å². The minimum Gasteiger partial charge on any atom is -0.375 e. The summed E-state index contributed by atoms with van der Waals surface area (Å²) in [7, 11) is 1.74. The molecule has 0 bridgehead atoms. The molecule has 1 atom stereocenters. The Morgan fingerprint density at radius 1 is 1.50 bits per heavy atom. The zero-order chi connectivity index (χ0) is 13.9. The van der Waals surface area contributed by atoms with Crippen LogP contribution in [0.2, 0.25) is 5.28 Å². The summed E-state index contributed by atoms with van der Waals surface area (Å²) in [5.74, 6) is 0. The van der Waals surface area contributed by atoms with Crippen molar-refractivity contribution in [1.29, 1.82) is 0 Å². The molecular weight excluding hydrogens is 280 g/mol. The SMILES string of the molecule is Cn1c(=O)n([C@H]2CCOC3(CC3)C2)c2nc(Cl)ncc21. The van der Waals surface area contributed by atoms with E-state index in [0.717, 1.165) is 31.2 Å². The summed E-state index contributed by atoms with van der Waals surface area (Å²) in [6.45, 7) is 0.701. The molecule has 106 valence electrons. The van der Waals surface area contributed by atoms with Gasteiger partial charge in [-0.1, -0.05) is 0 Å². The Bertz CT molecular complexity index is 747. The van der Waals surface area contributed by atoms with Crippen molar-refractivity contribution in [3.63, 3.8) is 0 Å². The number of fused-ring (bicyclic) bond motifs is 1. The normalized spacial score (nSPS) is 24.4. The summed E-state index contributed by atoms with van der Waals surface area (Å²) >= 11 is 5.89. The molecular formula is C13H15ClN4O2. The summed E-state index contributed by atoms with van der Waals surface area (Å²) in [4.78, 5) is 20.7. The van der Waals surface area contributed by atoms with Crippen LogP contribution in [-0.4, -0.2) is 31.3 Å². The van der Waals surface area contributed by atoms with Gasteiger partial charge in [0, 0.05) is 19.7 Å². The highest BCUT2D eigenvalue weighted by molar-refractivity contribution is 6.28. The molecule has 0 unspecified atom stereocenters. The number of hydrogen-bond donors (Lipinski definition) is 0. The smallest absolute Gasteiger partial charge is 0.330 e. The molecule has 0 aromatic carbocycles. The Hall–Kier alpha value is -1.40. The van der Waals surface area contributed by atoms with E-state index < -0.39 is 0 Å². The van der Waals surface area contributed by atoms with Crippen molar-refractivity contribution in [1.82, 2.24) is 19.1 Å². The Morgan fingerprint density at radius 2 is 2.30 bits per heavy atom. The van der Waals surface area contributed by atoms with Crippen molar-refractivity contribution in [2.24, 2.45) is 7.05 Å². The molecule has 4 rings (SSSR count). The molecule has 2 fully saturated rings. The van der Waals surface area contributed by atoms with Crippen LogP contribution in [0.3, 0.4) is 0 Å². The van der Waals surface area contributed by atoms with Gasteiger partial charge in [0.1, 0.15) is 5.52 Å². The van der Waals surface area contributed by atoms with E-state index >= 15 is 0 Å². The van der Waals surface area contributed by atoms with Crippen LogP contribution >= 0.6 is 11.6 Å². The molecule has 3 heterocycles. The molecule has 0 radical (unpaired) electrons. The zero-order valence-electron chi connectivity index (χ0n) is 11.2. The van der Waals surface area contributed by atoms with Gasteiger partial charge in [0.2, 0.25) is 5.28 Å². The molecule has 6 nitrogen and oxygen atoms in total. The van der Waals surface area contributed by atoms with Crippen molar-refractivity contribution in [3.8, 4) is 0 Å². The fraction of sp³-hybridized carbons (Fsp3) is 0.615. The summed E-state index contributed by atoms with van der Waals surface area (Å²) < 4.78 is 9.18. The van der Waals surface area contributed by atoms with Gasteiger partial charge < -0.3 is 4.74 Å². The first-order valence-electron chi connectivity index (χ1n) is 6.83. The van der Waals surface area contributed by atoms with Gasteiger partial charge in [-0.05, 0) is 37.3 Å². The van der Waals surface area contributed by atoms with E-state index in [1.165, 1.54) is 0 Å². The number of nitrogens with zero attached hydrogens (tertiary/aromatic N) is 4. The van der Waals surface area contributed by atoms with Crippen molar-refractivity contribution in [2.75, 3.05) is 6.61 Å². The van der Waals surface area contributed by atoms with Crippen molar-refractivity contribution in [2.45, 2.75) is 37.3 Å². The van der Waals surface area contributed by atoms with E-state index in [2.05, 4.69) is 9.97 Å². The largest absolute Gasteiger partial charge is 0.375 e. The highest BCUT2D eigenvalue weighted by atomic mass is 35.5. The van der Waals surface area contributed by atoms with E-state index in [0.29, 0.717) is 12.3 Å². The van der Waals surface area contributed by atoms with Crippen LogP contribution in [0, 0.1) is 0 Å². The Labute approximate surface area is 120 Å². The summed E-state index contributed by atoms with van der Waals surface area (Å²) in [6, 6.07) is 0.133. The van der Waals surface area contributed by atoms with Gasteiger partial charge in [-0.25, -0.2) is 9.78 Å². The van der Waals surface area contributed by atoms with Crippen LogP contribution < -0.4 is 5.69 Å². The third kappa shape index (κ3) is 1.71. The average molecular weight is 295 g/mol. The number of hydrogen-bond acceptors (Lipinski definition) is 4. The van der Waals surface area contributed by atoms with E-state index in [-0.39, 0.29) is 22.6 Å². The maximum Gasteiger partial charge on any atom is 0.330 e. The van der Waals surface area contributed by atoms with Crippen LogP contribution in [0.4, 0.5) is 0 Å². The first kappa shape index (κ1) is 12.3. The number of imidazole rings is 1. The molecule has 7 heteroatoms. The van der Waals surface area contributed by atoms with Gasteiger partial charge in [0.15, 0.2) is 5.65 Å². The number of aromatic nitrogens is 4. The second-order valence-electron chi connectivity index (χ2n) is 5.74. The Balaban J connectivity index is 1.88. The minimum absolute atomic E-state index is 0.0152. The van der Waals surface area contributed by atoms with E-state index in [4.69, 9.17) is 16.3 Å². The number of rotatable bonds is 1. The lowest BCUT2D eigenvalue weighted by Gasteiger charge is -2.30. The van der Waals surface area contributed by atoms with Gasteiger partial charge in [0.05, 0.1) is 11.8 Å². The fourth-order valence-corrected chi connectivity index (χ4v) is 3.28. The molecule has 0 N–H and O–H groups in total. The molecule has 2 aromatic heterocycles. The topological polar surface area (TPSA) is 61.9 Å². The van der Waals surface area contributed by atoms with E-state index in [1.807, 2.05) is 0 Å². The van der Waals surface area contributed by atoms with Crippen LogP contribution in [0.5, 0.6) is 0 Å². The third-order valence-corrected chi connectivity index (χ3v) is 4.63. The predicted octanol–water partition coefficient (Wildman–Crippen LogP) is 1.67. The molecule has 1 spiro atoms. The molecule has 1 saturated heterocycles. The zero-order valence-corrected chi connectivity index (χ0v) is 11.9. The molecule has 1 aliphatic heterocycles. The number of ether oxygens (including phenoxy) is 1. The Morgan fingerprint density at radius 3 is 3.05 bits per heavy atom. The highest BCUT2D eigenvalue weighted by Crippen LogP contribution is 2.49. The molecule has 20 heavy (non-hydrogen) atoms. The number of halogens is 1. The van der Waals surface area contributed by atoms with Gasteiger partial charge >= 0.3 is 5.69 Å². The summed E-state index contributed by atoms with van der Waals surface area (Å²) in [6.07, 6.45) is 5.52. The van der Waals surface area contributed by atoms with Crippen molar-refractivity contribution >= 4 is 22.8 Å². The summed E-state index contributed by atoms with van der Waals surface area (Å²) in [5, 5.41) is 0.171. The molecule has 2 aromatic rings. The third-order valence-electron chi connectivity index (χ3n) is 4.44. The maximum absolute atomic E-state index is 12.5. The van der Waals surface area contributed by atoms with Crippen LogP contribution in [0.1, 0.15) is 31.7 Å². The lowest BCUT2D eigenvalue weighted by atomic mass is 10.0. The van der Waals surface area contributed by atoms with Gasteiger partial charge in [-0.15, -0.1) is 0 Å². The lowest BCUT2D eigenvalue weighted by molar-refractivity contribution is -0.0247.